The second-order valence-corrected chi connectivity index (χ2v) is 14.0. The Morgan fingerprint density at radius 3 is 2.49 bits per heavy atom. The first kappa shape index (κ1) is 26.1. The fraction of sp³-hybridized carbons (Fsp3) is 0.229. The summed E-state index contributed by atoms with van der Waals surface area (Å²) in [5, 5.41) is 7.97. The summed E-state index contributed by atoms with van der Waals surface area (Å²) in [6.45, 7) is 12.0. The van der Waals surface area contributed by atoms with Crippen molar-refractivity contribution in [2.24, 2.45) is 0 Å². The lowest BCUT2D eigenvalue weighted by atomic mass is 9.86. The molecule has 0 N–H and O–H groups in total. The lowest BCUT2D eigenvalue weighted by Gasteiger charge is -2.21. The third-order valence-electron chi connectivity index (χ3n) is 8.27. The smallest absolute Gasteiger partial charge is 0.182 e. The Morgan fingerprint density at radius 2 is 1.71 bits per heavy atom. The maximum atomic E-state index is 6.55. The van der Waals surface area contributed by atoms with Gasteiger partial charge in [-0.15, -0.1) is 11.3 Å². The van der Waals surface area contributed by atoms with Crippen molar-refractivity contribution in [2.75, 3.05) is 18.6 Å². The molecule has 1 aliphatic heterocycles. The molecule has 0 unspecified atom stereocenters. The average Bonchev–Trinajstić information content (AvgIpc) is 3.64. The molecule has 7 rings (SSSR count). The topological polar surface area (TPSA) is 28.6 Å². The minimum Gasteiger partial charge on any atom is -0.447 e. The molecule has 6 aromatic rings. The van der Waals surface area contributed by atoms with Gasteiger partial charge in [0.15, 0.2) is 5.06 Å². The monoisotopic (exact) mass is 575 g/mol. The summed E-state index contributed by atoms with van der Waals surface area (Å²) in [6, 6.07) is 24.2. The number of nitrogens with zero attached hydrogens (tertiary/aromatic N) is 3. The average molecular weight is 576 g/mol. The normalized spacial score (nSPS) is 14.3. The number of aromatic nitrogens is 1. The van der Waals surface area contributed by atoms with Crippen molar-refractivity contribution in [1.29, 1.82) is 0 Å². The first-order valence-electron chi connectivity index (χ1n) is 13.9. The van der Waals surface area contributed by atoms with Gasteiger partial charge in [0.25, 0.3) is 0 Å². The molecule has 4 nitrogen and oxygen atoms in total. The molecule has 206 valence electrons. The van der Waals surface area contributed by atoms with Gasteiger partial charge >= 0.3 is 0 Å². The standard InChI is InChI=1S/C35H33N3OS2/c1-21-22(2)38(20-37(21)6)26-8-7-9-27(17-26)39-33-19-29-32(41-33)15-24-14-23-11-13-40-31(23)18-28(24)34(29)30-16-25(10-12-36-30)35(3,4)5/h7-19H,20H2,1-6H3. The van der Waals surface area contributed by atoms with E-state index in [-0.39, 0.29) is 5.41 Å². The van der Waals surface area contributed by atoms with E-state index in [2.05, 4.69) is 118 Å². The summed E-state index contributed by atoms with van der Waals surface area (Å²) in [5.41, 5.74) is 7.20. The molecule has 3 aromatic heterocycles. The number of allylic oxidation sites excluding steroid dienone is 2. The van der Waals surface area contributed by atoms with Gasteiger partial charge in [-0.25, -0.2) is 0 Å². The molecule has 1 aliphatic rings. The molecule has 0 amide bonds. The van der Waals surface area contributed by atoms with E-state index in [4.69, 9.17) is 9.72 Å². The Hall–Kier alpha value is -3.87. The quantitative estimate of drug-likeness (QED) is 0.209. The molecule has 41 heavy (non-hydrogen) atoms. The van der Waals surface area contributed by atoms with Gasteiger partial charge in [0.2, 0.25) is 0 Å². The predicted molar refractivity (Wildman–Crippen MR) is 177 cm³/mol. The molecule has 0 fully saturated rings. The lowest BCUT2D eigenvalue weighted by Crippen LogP contribution is -2.24. The Morgan fingerprint density at radius 1 is 0.854 bits per heavy atom. The molecule has 0 bridgehead atoms. The van der Waals surface area contributed by atoms with Crippen molar-refractivity contribution in [3.8, 4) is 22.1 Å². The number of benzene rings is 3. The fourth-order valence-corrected chi connectivity index (χ4v) is 7.49. The van der Waals surface area contributed by atoms with Gasteiger partial charge in [-0.05, 0) is 94.9 Å². The number of pyridine rings is 1. The number of anilines is 1. The highest BCUT2D eigenvalue weighted by Gasteiger charge is 2.23. The Labute approximate surface area is 249 Å². The van der Waals surface area contributed by atoms with Gasteiger partial charge in [0.1, 0.15) is 5.75 Å². The van der Waals surface area contributed by atoms with Crippen LogP contribution in [0.2, 0.25) is 0 Å². The minimum atomic E-state index is 0.0343. The van der Waals surface area contributed by atoms with E-state index in [1.54, 1.807) is 22.7 Å². The molecular formula is C35H33N3OS2. The summed E-state index contributed by atoms with van der Waals surface area (Å²) >= 11 is 3.48. The zero-order valence-electron chi connectivity index (χ0n) is 24.3. The number of hydrogen-bond donors (Lipinski definition) is 0. The van der Waals surface area contributed by atoms with Gasteiger partial charge in [-0.1, -0.05) is 38.2 Å². The summed E-state index contributed by atoms with van der Waals surface area (Å²) < 4.78 is 9.05. The van der Waals surface area contributed by atoms with Crippen molar-refractivity contribution >= 4 is 59.3 Å². The molecule has 3 aromatic carbocycles. The highest BCUT2D eigenvalue weighted by molar-refractivity contribution is 7.21. The van der Waals surface area contributed by atoms with Crippen LogP contribution in [0.1, 0.15) is 40.2 Å². The summed E-state index contributed by atoms with van der Waals surface area (Å²) in [4.78, 5) is 9.52. The molecule has 6 heteroatoms. The van der Waals surface area contributed by atoms with Gasteiger partial charge in [-0.3, -0.25) is 4.98 Å². The third kappa shape index (κ3) is 4.55. The Bertz CT molecular complexity index is 1990. The van der Waals surface area contributed by atoms with Gasteiger partial charge in [0, 0.05) is 62.8 Å². The van der Waals surface area contributed by atoms with Crippen LogP contribution in [0.4, 0.5) is 5.69 Å². The number of ether oxygens (including phenoxy) is 1. The molecule has 0 atom stereocenters. The van der Waals surface area contributed by atoms with E-state index in [0.717, 1.165) is 28.9 Å². The number of rotatable bonds is 4. The number of hydrogen-bond acceptors (Lipinski definition) is 6. The molecule has 0 aliphatic carbocycles. The lowest BCUT2D eigenvalue weighted by molar-refractivity contribution is 0.459. The van der Waals surface area contributed by atoms with E-state index in [1.165, 1.54) is 53.5 Å². The largest absolute Gasteiger partial charge is 0.447 e. The van der Waals surface area contributed by atoms with Crippen LogP contribution in [-0.2, 0) is 5.41 Å². The second-order valence-electron chi connectivity index (χ2n) is 12.0. The number of fused-ring (bicyclic) bond motifs is 3. The van der Waals surface area contributed by atoms with Crippen LogP contribution >= 0.6 is 22.7 Å². The van der Waals surface area contributed by atoms with E-state index < -0.39 is 0 Å². The first-order valence-corrected chi connectivity index (χ1v) is 15.6. The second kappa shape index (κ2) is 9.61. The molecule has 0 saturated heterocycles. The molecule has 0 saturated carbocycles. The van der Waals surface area contributed by atoms with Gasteiger partial charge in [-0.2, -0.15) is 0 Å². The maximum absolute atomic E-state index is 6.55. The van der Waals surface area contributed by atoms with Crippen LogP contribution in [-0.4, -0.2) is 23.6 Å². The number of thiophene rings is 2. The summed E-state index contributed by atoms with van der Waals surface area (Å²) in [6.07, 6.45) is 1.95. The summed E-state index contributed by atoms with van der Waals surface area (Å²) in [5.74, 6) is 0.841. The van der Waals surface area contributed by atoms with E-state index in [0.29, 0.717) is 0 Å². The van der Waals surface area contributed by atoms with Crippen LogP contribution in [0.3, 0.4) is 0 Å². The highest BCUT2D eigenvalue weighted by Crippen LogP contribution is 2.45. The summed E-state index contributed by atoms with van der Waals surface area (Å²) in [7, 11) is 2.13. The predicted octanol–water partition coefficient (Wildman–Crippen LogP) is 10.4. The minimum absolute atomic E-state index is 0.0343. The van der Waals surface area contributed by atoms with Crippen molar-refractivity contribution in [3.63, 3.8) is 0 Å². The molecule has 0 radical (unpaired) electrons. The van der Waals surface area contributed by atoms with Crippen LogP contribution in [0.15, 0.2) is 89.7 Å². The van der Waals surface area contributed by atoms with E-state index in [9.17, 15) is 0 Å². The van der Waals surface area contributed by atoms with Crippen LogP contribution < -0.4 is 9.64 Å². The van der Waals surface area contributed by atoms with E-state index in [1.807, 2.05) is 12.3 Å². The SMILES string of the molecule is CC1=C(C)N(c2cccc(Oc3cc4c(-c5cc(C(C)(C)C)ccn5)c5cc6sccc6cc5cc4s3)c2)CN1C. The highest BCUT2D eigenvalue weighted by atomic mass is 32.1. The van der Waals surface area contributed by atoms with Crippen LogP contribution in [0.5, 0.6) is 10.8 Å². The zero-order chi connectivity index (χ0) is 28.5. The van der Waals surface area contributed by atoms with Crippen LogP contribution in [0, 0.1) is 0 Å². The molecule has 0 spiro atoms. The van der Waals surface area contributed by atoms with Crippen molar-refractivity contribution in [3.05, 3.63) is 95.3 Å². The molecule has 4 heterocycles. The Balaban J connectivity index is 1.36. The maximum Gasteiger partial charge on any atom is 0.182 e. The van der Waals surface area contributed by atoms with Crippen molar-refractivity contribution in [2.45, 2.75) is 40.0 Å². The van der Waals surface area contributed by atoms with Gasteiger partial charge < -0.3 is 14.5 Å². The van der Waals surface area contributed by atoms with Crippen molar-refractivity contribution in [1.82, 2.24) is 9.88 Å². The zero-order valence-corrected chi connectivity index (χ0v) is 25.9. The van der Waals surface area contributed by atoms with Gasteiger partial charge in [0.05, 0.1) is 12.4 Å². The Kier molecular flexibility index (Phi) is 6.10. The first-order chi connectivity index (χ1) is 19.7. The fourth-order valence-electron chi connectivity index (χ4n) is 5.70. The van der Waals surface area contributed by atoms with E-state index >= 15 is 0 Å². The molecular weight excluding hydrogens is 543 g/mol. The van der Waals surface area contributed by atoms with Crippen LogP contribution in [0.25, 0.3) is 42.2 Å². The third-order valence-corrected chi connectivity index (χ3v) is 10.1. The van der Waals surface area contributed by atoms with Crippen molar-refractivity contribution < 1.29 is 4.74 Å².